The van der Waals surface area contributed by atoms with E-state index in [9.17, 15) is 19.8 Å². The molecule has 0 aliphatic rings. The average molecular weight is 548 g/mol. The van der Waals surface area contributed by atoms with Gasteiger partial charge in [-0.3, -0.25) is 4.79 Å². The zero-order valence-corrected chi connectivity index (χ0v) is 22.6. The highest BCUT2D eigenvalue weighted by Crippen LogP contribution is 2.29. The van der Waals surface area contributed by atoms with Gasteiger partial charge in [-0.15, -0.1) is 0 Å². The van der Waals surface area contributed by atoms with Gasteiger partial charge in [0.1, 0.15) is 11.4 Å². The molecule has 0 aliphatic heterocycles. The molecule has 0 fully saturated rings. The number of ether oxygens (including phenoxy) is 4. The monoisotopic (exact) mass is 547 g/mol. The third-order valence-electron chi connectivity index (χ3n) is 5.45. The van der Waals surface area contributed by atoms with Gasteiger partial charge in [0, 0.05) is 26.2 Å². The van der Waals surface area contributed by atoms with Crippen LogP contribution in [0.15, 0.2) is 84.9 Å². The first-order valence-electron chi connectivity index (χ1n) is 12.1. The summed E-state index contributed by atoms with van der Waals surface area (Å²) in [6.45, 7) is -0.0354. The van der Waals surface area contributed by atoms with Crippen LogP contribution in [-0.4, -0.2) is 50.5 Å². The summed E-state index contributed by atoms with van der Waals surface area (Å²) < 4.78 is 22.5. The fourth-order valence-electron chi connectivity index (χ4n) is 3.37. The van der Waals surface area contributed by atoms with Crippen molar-refractivity contribution in [2.24, 2.45) is 0 Å². The summed E-state index contributed by atoms with van der Waals surface area (Å²) >= 11 is 0. The van der Waals surface area contributed by atoms with Gasteiger partial charge >= 0.3 is 6.16 Å². The summed E-state index contributed by atoms with van der Waals surface area (Å²) in [7, 11) is 6.68. The molecule has 2 N–H and O–H groups in total. The Morgan fingerprint density at radius 3 is 2.30 bits per heavy atom. The van der Waals surface area contributed by atoms with Crippen LogP contribution in [0.1, 0.15) is 11.1 Å². The lowest BCUT2D eigenvalue weighted by molar-refractivity contribution is -0.727. The number of phenols is 1. The second-order valence-electron chi connectivity index (χ2n) is 8.58. The number of nitrogens with zero attached hydrogens (tertiary/aromatic N) is 2. The van der Waals surface area contributed by atoms with E-state index in [-0.39, 0.29) is 35.5 Å². The molecule has 10 nitrogen and oxygen atoms in total. The van der Waals surface area contributed by atoms with Crippen molar-refractivity contribution in [3.63, 3.8) is 0 Å². The highest BCUT2D eigenvalue weighted by atomic mass is 16.7. The summed E-state index contributed by atoms with van der Waals surface area (Å²) in [5.74, 6) is -0.0107. The molecule has 0 aliphatic carbocycles. The standard InChI is InChI=1S/C30H30N2O8/c1-31(2)23-6-5-15-32(19-23)20-39-30(36)40-27-14-10-22(17-29(27)38-4)8-12-25(34)18-24(33)11-7-21-9-13-26(35)28(16-21)37-3/h5-19H,20H2,1-4H3,(H-,33,34,35)/p+1. The lowest BCUT2D eigenvalue weighted by Gasteiger charge is -2.11. The Morgan fingerprint density at radius 1 is 0.925 bits per heavy atom. The van der Waals surface area contributed by atoms with Crippen molar-refractivity contribution in [3.05, 3.63) is 96.0 Å². The van der Waals surface area contributed by atoms with Crippen LogP contribution in [-0.2, 0) is 16.3 Å². The lowest BCUT2D eigenvalue weighted by atomic mass is 10.1. The van der Waals surface area contributed by atoms with Crippen LogP contribution in [0.25, 0.3) is 12.2 Å². The highest BCUT2D eigenvalue weighted by Gasteiger charge is 2.14. The van der Waals surface area contributed by atoms with Crippen molar-refractivity contribution in [1.82, 2.24) is 0 Å². The van der Waals surface area contributed by atoms with Gasteiger partial charge < -0.3 is 34.1 Å². The zero-order chi connectivity index (χ0) is 29.1. The zero-order valence-electron chi connectivity index (χ0n) is 22.6. The maximum Gasteiger partial charge on any atom is 0.518 e. The fourth-order valence-corrected chi connectivity index (χ4v) is 3.37. The molecule has 1 heterocycles. The number of carbonyl (C=O) groups excluding carboxylic acids is 2. The first-order chi connectivity index (χ1) is 19.2. The minimum atomic E-state index is -0.901. The molecule has 0 bridgehead atoms. The predicted octanol–water partition coefficient (Wildman–Crippen LogP) is 4.67. The maximum absolute atomic E-state index is 12.2. The molecule has 2 aromatic carbocycles. The van der Waals surface area contributed by atoms with E-state index >= 15 is 0 Å². The van der Waals surface area contributed by atoms with Gasteiger partial charge in [0.15, 0.2) is 41.2 Å². The van der Waals surface area contributed by atoms with Gasteiger partial charge in [-0.05, 0) is 53.6 Å². The molecule has 0 unspecified atom stereocenters. The topological polar surface area (TPSA) is 119 Å². The number of hydrogen-bond acceptors (Lipinski definition) is 9. The summed E-state index contributed by atoms with van der Waals surface area (Å²) in [5.41, 5.74) is 2.20. The number of phenolic OH excluding ortho intramolecular Hbond substituents is 1. The number of methoxy groups -OCH3 is 2. The number of rotatable bonds is 11. The van der Waals surface area contributed by atoms with Gasteiger partial charge in [0.25, 0.3) is 6.73 Å². The van der Waals surface area contributed by atoms with Crippen molar-refractivity contribution < 1.29 is 43.3 Å². The van der Waals surface area contributed by atoms with Crippen LogP contribution in [0.5, 0.6) is 23.0 Å². The summed E-state index contributed by atoms with van der Waals surface area (Å²) in [6.07, 6.45) is 9.47. The second kappa shape index (κ2) is 14.1. The number of pyridine rings is 1. The summed E-state index contributed by atoms with van der Waals surface area (Å²) in [5, 5.41) is 19.8. The molecule has 3 rings (SSSR count). The summed E-state index contributed by atoms with van der Waals surface area (Å²) in [4.78, 5) is 26.3. The molecule has 0 saturated carbocycles. The van der Waals surface area contributed by atoms with Crippen molar-refractivity contribution in [1.29, 1.82) is 0 Å². The molecular weight excluding hydrogens is 516 g/mol. The molecule has 10 heteroatoms. The van der Waals surface area contributed by atoms with Crippen molar-refractivity contribution in [2.75, 3.05) is 33.2 Å². The Morgan fingerprint density at radius 2 is 1.60 bits per heavy atom. The van der Waals surface area contributed by atoms with Crippen LogP contribution < -0.4 is 23.7 Å². The number of aliphatic hydroxyl groups excluding tert-OH is 1. The Labute approximate surface area is 232 Å². The second-order valence-corrected chi connectivity index (χ2v) is 8.58. The molecule has 208 valence electrons. The molecule has 0 spiro atoms. The predicted molar refractivity (Wildman–Crippen MR) is 150 cm³/mol. The molecule has 0 atom stereocenters. The smallest absolute Gasteiger partial charge is 0.508 e. The third-order valence-corrected chi connectivity index (χ3v) is 5.45. The van der Waals surface area contributed by atoms with Gasteiger partial charge in [0.2, 0.25) is 0 Å². The lowest BCUT2D eigenvalue weighted by Crippen LogP contribution is -2.36. The number of allylic oxidation sites excluding steroid dienone is 3. The minimum Gasteiger partial charge on any atom is -0.508 e. The first kappa shape index (κ1) is 29.3. The van der Waals surface area contributed by atoms with Crippen LogP contribution in [0, 0.1) is 0 Å². The number of aromatic hydroxyl groups is 1. The molecule has 1 aromatic heterocycles. The van der Waals surface area contributed by atoms with E-state index in [0.29, 0.717) is 11.1 Å². The Balaban J connectivity index is 1.59. The Hall–Kier alpha value is -5.25. The molecule has 0 radical (unpaired) electrons. The van der Waals surface area contributed by atoms with Gasteiger partial charge in [-0.25, -0.2) is 4.79 Å². The van der Waals surface area contributed by atoms with E-state index < -0.39 is 11.9 Å². The van der Waals surface area contributed by atoms with Crippen molar-refractivity contribution >= 4 is 29.8 Å². The van der Waals surface area contributed by atoms with E-state index in [1.54, 1.807) is 41.1 Å². The molecule has 3 aromatic rings. The normalized spacial score (nSPS) is 11.4. The van der Waals surface area contributed by atoms with Gasteiger partial charge in [-0.2, -0.15) is 4.57 Å². The summed E-state index contributed by atoms with van der Waals surface area (Å²) in [6, 6.07) is 13.2. The number of carbonyl (C=O) groups is 2. The number of hydrogen-bond donors (Lipinski definition) is 2. The van der Waals surface area contributed by atoms with Crippen molar-refractivity contribution in [3.8, 4) is 23.0 Å². The molecular formula is C30H31N2O8+. The van der Waals surface area contributed by atoms with Crippen LogP contribution in [0.3, 0.4) is 0 Å². The van der Waals surface area contributed by atoms with Gasteiger partial charge in [0.05, 0.1) is 14.2 Å². The number of aromatic nitrogens is 1. The Kier molecular flexibility index (Phi) is 10.3. The van der Waals surface area contributed by atoms with Crippen LogP contribution in [0.4, 0.5) is 10.5 Å². The fraction of sp³-hybridized carbons (Fsp3) is 0.167. The van der Waals surface area contributed by atoms with Crippen molar-refractivity contribution in [2.45, 2.75) is 6.73 Å². The SMILES string of the molecule is COc1cc(C=CC(=O)C=C(O)C=Cc2ccc(OC(=O)OC[n+]3cccc(N(C)C)c3)c(OC)c2)ccc1O. The first-order valence-corrected chi connectivity index (χ1v) is 12.1. The molecule has 0 amide bonds. The number of benzene rings is 2. The average Bonchev–Trinajstić information content (AvgIpc) is 2.95. The van der Waals surface area contributed by atoms with E-state index in [1.807, 2.05) is 37.3 Å². The Bertz CT molecular complexity index is 1440. The maximum atomic E-state index is 12.2. The van der Waals surface area contributed by atoms with E-state index in [1.165, 1.54) is 44.6 Å². The number of anilines is 1. The number of aliphatic hydroxyl groups is 1. The van der Waals surface area contributed by atoms with Gasteiger partial charge in [-0.1, -0.05) is 24.3 Å². The van der Waals surface area contributed by atoms with E-state index in [4.69, 9.17) is 18.9 Å². The third kappa shape index (κ3) is 8.66. The van der Waals surface area contributed by atoms with E-state index in [2.05, 4.69) is 0 Å². The number of ketones is 1. The minimum absolute atomic E-state index is 0.00853. The highest BCUT2D eigenvalue weighted by molar-refractivity contribution is 6.02. The quantitative estimate of drug-likeness (QED) is 0.0881. The van der Waals surface area contributed by atoms with Crippen LogP contribution >= 0.6 is 0 Å². The molecule has 0 saturated heterocycles. The van der Waals surface area contributed by atoms with E-state index in [0.717, 1.165) is 11.8 Å². The molecule has 40 heavy (non-hydrogen) atoms. The largest absolute Gasteiger partial charge is 0.518 e. The van der Waals surface area contributed by atoms with Crippen LogP contribution in [0.2, 0.25) is 0 Å².